The van der Waals surface area contributed by atoms with Gasteiger partial charge in [-0.3, -0.25) is 4.98 Å². The van der Waals surface area contributed by atoms with E-state index in [9.17, 15) is 0 Å². The molecule has 0 N–H and O–H groups in total. The number of ether oxygens (including phenoxy) is 1. The Kier molecular flexibility index (Phi) is 11.3. The second-order valence-corrected chi connectivity index (χ2v) is 2.89. The van der Waals surface area contributed by atoms with E-state index in [0.29, 0.717) is 0 Å². The number of rotatable bonds is 2. The van der Waals surface area contributed by atoms with Crippen molar-refractivity contribution in [3.05, 3.63) is 23.0 Å². The van der Waals surface area contributed by atoms with Gasteiger partial charge in [-0.1, -0.05) is 34.6 Å². The first-order valence-corrected chi connectivity index (χ1v) is 6.20. The minimum absolute atomic E-state index is 0.933. The Bertz CT molecular complexity index is 282. The van der Waals surface area contributed by atoms with Crippen LogP contribution in [0, 0.1) is 13.8 Å². The average Bonchev–Trinajstić information content (AvgIpc) is 2.33. The van der Waals surface area contributed by atoms with Gasteiger partial charge in [0.2, 0.25) is 0 Å². The molecule has 1 aromatic heterocycles. The molecule has 0 unspecified atom stereocenters. The molecule has 94 valence electrons. The third-order valence-corrected chi connectivity index (χ3v) is 1.93. The fraction of sp³-hybridized carbons (Fsp3) is 0.643. The summed E-state index contributed by atoms with van der Waals surface area (Å²) in [5.74, 6) is 0.933. The van der Waals surface area contributed by atoms with E-state index in [1.54, 1.807) is 7.11 Å². The van der Waals surface area contributed by atoms with Gasteiger partial charge in [0.05, 0.1) is 12.8 Å². The van der Waals surface area contributed by atoms with E-state index in [-0.39, 0.29) is 0 Å². The molecule has 1 rings (SSSR count). The summed E-state index contributed by atoms with van der Waals surface area (Å²) < 4.78 is 5.26. The van der Waals surface area contributed by atoms with Crippen molar-refractivity contribution in [1.82, 2.24) is 4.98 Å². The lowest BCUT2D eigenvalue weighted by atomic mass is 10.1. The SMILES string of the molecule is CC.CC.CCc1cc(C)nc(C)c1OC. The fourth-order valence-electron chi connectivity index (χ4n) is 1.44. The van der Waals surface area contributed by atoms with Gasteiger partial charge in [-0.25, -0.2) is 0 Å². The molecule has 0 aliphatic heterocycles. The Hall–Kier alpha value is -1.05. The number of methoxy groups -OCH3 is 1. The van der Waals surface area contributed by atoms with Crippen LogP contribution in [0.2, 0.25) is 0 Å². The molecule has 0 aliphatic rings. The second kappa shape index (κ2) is 10.5. The van der Waals surface area contributed by atoms with Crippen LogP contribution in [0.5, 0.6) is 5.75 Å². The summed E-state index contributed by atoms with van der Waals surface area (Å²) >= 11 is 0. The van der Waals surface area contributed by atoms with Crippen molar-refractivity contribution < 1.29 is 4.74 Å². The van der Waals surface area contributed by atoms with Crippen LogP contribution in [-0.2, 0) is 6.42 Å². The zero-order valence-corrected chi connectivity index (χ0v) is 12.1. The van der Waals surface area contributed by atoms with Crippen LogP contribution < -0.4 is 4.74 Å². The van der Waals surface area contributed by atoms with Crippen molar-refractivity contribution >= 4 is 0 Å². The summed E-state index contributed by atoms with van der Waals surface area (Å²) in [5, 5.41) is 0. The number of hydrogen-bond donors (Lipinski definition) is 0. The van der Waals surface area contributed by atoms with Gasteiger partial charge in [-0.15, -0.1) is 0 Å². The van der Waals surface area contributed by atoms with Gasteiger partial charge in [-0.2, -0.15) is 0 Å². The van der Waals surface area contributed by atoms with Gasteiger partial charge >= 0.3 is 0 Å². The molecule has 0 saturated carbocycles. The minimum Gasteiger partial charge on any atom is -0.495 e. The summed E-state index contributed by atoms with van der Waals surface area (Å²) in [5.41, 5.74) is 3.28. The Labute approximate surface area is 101 Å². The summed E-state index contributed by atoms with van der Waals surface area (Å²) in [7, 11) is 1.69. The van der Waals surface area contributed by atoms with Crippen LogP contribution in [0.4, 0.5) is 0 Å². The first-order chi connectivity index (χ1) is 7.69. The van der Waals surface area contributed by atoms with Crippen LogP contribution >= 0.6 is 0 Å². The first kappa shape index (κ1) is 17.3. The maximum atomic E-state index is 5.26. The maximum absolute atomic E-state index is 5.26. The fourth-order valence-corrected chi connectivity index (χ4v) is 1.44. The first-order valence-electron chi connectivity index (χ1n) is 6.20. The summed E-state index contributed by atoms with van der Waals surface area (Å²) in [6.45, 7) is 14.1. The predicted octanol–water partition coefficient (Wildman–Crippen LogP) is 4.32. The van der Waals surface area contributed by atoms with Gasteiger partial charge in [0.1, 0.15) is 5.75 Å². The number of aryl methyl sites for hydroxylation is 3. The Balaban J connectivity index is 0. The summed E-state index contributed by atoms with van der Waals surface area (Å²) in [4.78, 5) is 4.33. The van der Waals surface area contributed by atoms with Crippen molar-refractivity contribution in [3.63, 3.8) is 0 Å². The summed E-state index contributed by atoms with van der Waals surface area (Å²) in [6, 6.07) is 2.08. The molecule has 0 bridgehead atoms. The molecule has 0 spiro atoms. The molecule has 2 heteroatoms. The van der Waals surface area contributed by atoms with Crippen LogP contribution in [0.15, 0.2) is 6.07 Å². The lowest BCUT2D eigenvalue weighted by molar-refractivity contribution is 0.404. The average molecular weight is 225 g/mol. The number of nitrogens with zero attached hydrogens (tertiary/aromatic N) is 1. The highest BCUT2D eigenvalue weighted by Gasteiger charge is 2.05. The van der Waals surface area contributed by atoms with Gasteiger partial charge in [-0.05, 0) is 31.9 Å². The highest BCUT2D eigenvalue weighted by molar-refractivity contribution is 5.38. The lowest BCUT2D eigenvalue weighted by Crippen LogP contribution is -1.97. The second-order valence-electron chi connectivity index (χ2n) is 2.89. The van der Waals surface area contributed by atoms with E-state index in [4.69, 9.17) is 4.74 Å². The lowest BCUT2D eigenvalue weighted by Gasteiger charge is -2.09. The molecule has 0 amide bonds. The van der Waals surface area contributed by atoms with Crippen LogP contribution in [0.3, 0.4) is 0 Å². The molecule has 0 saturated heterocycles. The zero-order chi connectivity index (χ0) is 13.1. The Morgan fingerprint density at radius 3 is 2.00 bits per heavy atom. The topological polar surface area (TPSA) is 22.1 Å². The number of pyridine rings is 1. The molecule has 0 aliphatic carbocycles. The van der Waals surface area contributed by atoms with Crippen LogP contribution in [0.25, 0.3) is 0 Å². The van der Waals surface area contributed by atoms with E-state index in [1.807, 2.05) is 41.5 Å². The van der Waals surface area contributed by atoms with Crippen LogP contribution in [-0.4, -0.2) is 12.1 Å². The number of aromatic nitrogens is 1. The number of hydrogen-bond acceptors (Lipinski definition) is 2. The highest BCUT2D eigenvalue weighted by atomic mass is 16.5. The van der Waals surface area contributed by atoms with Crippen molar-refractivity contribution in [3.8, 4) is 5.75 Å². The monoisotopic (exact) mass is 225 g/mol. The molecule has 1 aromatic rings. The van der Waals surface area contributed by atoms with Crippen molar-refractivity contribution in [2.75, 3.05) is 7.11 Å². The molecule has 0 atom stereocenters. The molecule has 2 nitrogen and oxygen atoms in total. The smallest absolute Gasteiger partial charge is 0.143 e. The maximum Gasteiger partial charge on any atom is 0.143 e. The molecule has 1 heterocycles. The molecule has 0 aromatic carbocycles. The quantitative estimate of drug-likeness (QED) is 0.747. The Morgan fingerprint density at radius 1 is 1.12 bits per heavy atom. The molecule has 16 heavy (non-hydrogen) atoms. The zero-order valence-electron chi connectivity index (χ0n) is 12.1. The molecule has 0 radical (unpaired) electrons. The van der Waals surface area contributed by atoms with Crippen molar-refractivity contribution in [2.45, 2.75) is 54.9 Å². The van der Waals surface area contributed by atoms with E-state index in [0.717, 1.165) is 23.6 Å². The van der Waals surface area contributed by atoms with Crippen molar-refractivity contribution in [2.24, 2.45) is 0 Å². The van der Waals surface area contributed by atoms with E-state index >= 15 is 0 Å². The third kappa shape index (κ3) is 5.15. The summed E-state index contributed by atoms with van der Waals surface area (Å²) in [6.07, 6.45) is 0.993. The Morgan fingerprint density at radius 2 is 1.62 bits per heavy atom. The van der Waals surface area contributed by atoms with Gasteiger partial charge in [0, 0.05) is 5.69 Å². The van der Waals surface area contributed by atoms with E-state index < -0.39 is 0 Å². The largest absolute Gasteiger partial charge is 0.495 e. The van der Waals surface area contributed by atoms with Crippen LogP contribution in [0.1, 0.15) is 51.6 Å². The van der Waals surface area contributed by atoms with Crippen molar-refractivity contribution in [1.29, 1.82) is 0 Å². The molecular weight excluding hydrogens is 198 g/mol. The third-order valence-electron chi connectivity index (χ3n) is 1.93. The van der Waals surface area contributed by atoms with Gasteiger partial charge in [0.15, 0.2) is 0 Å². The molecular formula is C14H27NO. The minimum atomic E-state index is 0.933. The standard InChI is InChI=1S/C10H15NO.2C2H6/c1-5-9-6-7(2)11-8(3)10(9)12-4;2*1-2/h6H,5H2,1-4H3;2*1-2H3. The van der Waals surface area contributed by atoms with E-state index in [2.05, 4.69) is 18.0 Å². The van der Waals surface area contributed by atoms with Gasteiger partial charge < -0.3 is 4.74 Å². The predicted molar refractivity (Wildman–Crippen MR) is 72.3 cm³/mol. The van der Waals surface area contributed by atoms with E-state index in [1.165, 1.54) is 5.56 Å². The molecule has 0 fully saturated rings. The van der Waals surface area contributed by atoms with Gasteiger partial charge in [0.25, 0.3) is 0 Å². The highest BCUT2D eigenvalue weighted by Crippen LogP contribution is 2.22. The normalized spacial score (nSPS) is 8.25.